The Kier molecular flexibility index (Phi) is 5.89. The average Bonchev–Trinajstić information content (AvgIpc) is 3.30. The van der Waals surface area contributed by atoms with Crippen LogP contribution in [0.2, 0.25) is 0 Å². The molecule has 6 heteroatoms. The summed E-state index contributed by atoms with van der Waals surface area (Å²) in [5.74, 6) is 2.51. The van der Waals surface area contributed by atoms with E-state index in [0.29, 0.717) is 24.3 Å². The molecule has 0 unspecified atom stereocenters. The lowest BCUT2D eigenvalue weighted by Gasteiger charge is -2.11. The molecule has 0 saturated carbocycles. The average molecular weight is 509 g/mol. The summed E-state index contributed by atoms with van der Waals surface area (Å²) in [7, 11) is 0. The van der Waals surface area contributed by atoms with Crippen molar-refractivity contribution in [3.63, 3.8) is 0 Å². The number of aromatic nitrogens is 2. The van der Waals surface area contributed by atoms with Gasteiger partial charge < -0.3 is 16.0 Å². The van der Waals surface area contributed by atoms with E-state index in [1.807, 2.05) is 72.9 Å². The molecule has 4 N–H and O–H groups in total. The van der Waals surface area contributed by atoms with Crippen molar-refractivity contribution in [2.24, 2.45) is 5.73 Å². The Bertz CT molecular complexity index is 1580. The normalized spacial score (nSPS) is 11.0. The molecule has 34 heavy (non-hydrogen) atoms. The number of carbonyl (C=O) groups is 1. The number of nitrogens with one attached hydrogen (secondary N) is 2. The summed E-state index contributed by atoms with van der Waals surface area (Å²) < 4.78 is 0.881. The maximum atomic E-state index is 13.3. The summed E-state index contributed by atoms with van der Waals surface area (Å²) >= 11 is 3.52. The van der Waals surface area contributed by atoms with Gasteiger partial charge in [-0.15, -0.1) is 6.42 Å². The smallest absolute Gasteiger partial charge is 0.252 e. The van der Waals surface area contributed by atoms with Crippen LogP contribution in [0.15, 0.2) is 77.4 Å². The van der Waals surface area contributed by atoms with Gasteiger partial charge in [-0.3, -0.25) is 4.79 Å². The monoisotopic (exact) mass is 508 g/mol. The van der Waals surface area contributed by atoms with E-state index in [1.54, 1.807) is 0 Å². The quantitative estimate of drug-likeness (QED) is 0.273. The molecule has 0 fully saturated rings. The molecule has 0 spiro atoms. The second-order valence-electron chi connectivity index (χ2n) is 8.03. The number of pyridine rings is 1. The zero-order chi connectivity index (χ0) is 23.7. The number of H-pyrrole nitrogens is 1. The highest BCUT2D eigenvalue weighted by Gasteiger charge is 2.16. The van der Waals surface area contributed by atoms with Crippen molar-refractivity contribution in [3.05, 3.63) is 99.7 Å². The lowest BCUT2D eigenvalue weighted by molar-refractivity contribution is 0.0952. The van der Waals surface area contributed by atoms with E-state index in [-0.39, 0.29) is 5.91 Å². The first-order valence-corrected chi connectivity index (χ1v) is 11.6. The van der Waals surface area contributed by atoms with E-state index < -0.39 is 0 Å². The van der Waals surface area contributed by atoms with Crippen LogP contribution < -0.4 is 11.1 Å². The van der Waals surface area contributed by atoms with Crippen LogP contribution in [-0.2, 0) is 13.1 Å². The topological polar surface area (TPSA) is 83.8 Å². The maximum Gasteiger partial charge on any atom is 0.252 e. The van der Waals surface area contributed by atoms with Gasteiger partial charge in [0.05, 0.1) is 16.8 Å². The highest BCUT2D eigenvalue weighted by atomic mass is 79.9. The van der Waals surface area contributed by atoms with Crippen molar-refractivity contribution in [1.29, 1.82) is 0 Å². The molecule has 166 valence electrons. The number of nitrogens with two attached hydrogens (primary N) is 1. The molecule has 0 aliphatic rings. The van der Waals surface area contributed by atoms with Gasteiger partial charge in [0.1, 0.15) is 0 Å². The molecule has 0 aliphatic heterocycles. The fraction of sp³-hybridized carbons (Fsp3) is 0.0714. The molecule has 0 radical (unpaired) electrons. The lowest BCUT2D eigenvalue weighted by Crippen LogP contribution is -2.23. The third-order valence-electron chi connectivity index (χ3n) is 5.85. The fourth-order valence-corrected chi connectivity index (χ4v) is 4.38. The SMILES string of the molecule is C#Cc1ccc2[nH]cc(-c3cc(C(=O)NCc4ccc(CN)cc4)c4cc(Br)ccc4n3)c2c1. The summed E-state index contributed by atoms with van der Waals surface area (Å²) in [6, 6.07) is 21.3. The van der Waals surface area contributed by atoms with Gasteiger partial charge in [0.15, 0.2) is 0 Å². The van der Waals surface area contributed by atoms with Crippen LogP contribution in [0.3, 0.4) is 0 Å². The third-order valence-corrected chi connectivity index (χ3v) is 6.34. The van der Waals surface area contributed by atoms with Crippen LogP contribution in [0, 0.1) is 12.3 Å². The Morgan fingerprint density at radius 2 is 1.82 bits per heavy atom. The van der Waals surface area contributed by atoms with E-state index in [2.05, 4.69) is 32.2 Å². The van der Waals surface area contributed by atoms with Crippen molar-refractivity contribution >= 4 is 43.6 Å². The van der Waals surface area contributed by atoms with Gasteiger partial charge in [-0.1, -0.05) is 46.1 Å². The molecular weight excluding hydrogens is 488 g/mol. The Morgan fingerprint density at radius 1 is 1.03 bits per heavy atom. The molecule has 0 atom stereocenters. The van der Waals surface area contributed by atoms with Crippen molar-refractivity contribution < 1.29 is 4.79 Å². The van der Waals surface area contributed by atoms with E-state index in [9.17, 15) is 4.79 Å². The Balaban J connectivity index is 1.56. The van der Waals surface area contributed by atoms with Crippen molar-refractivity contribution in [2.45, 2.75) is 13.1 Å². The van der Waals surface area contributed by atoms with Gasteiger partial charge in [-0.2, -0.15) is 0 Å². The molecule has 0 bridgehead atoms. The predicted octanol–water partition coefficient (Wildman–Crippen LogP) is 5.52. The number of terminal acetylenes is 1. The highest BCUT2D eigenvalue weighted by molar-refractivity contribution is 9.10. The zero-order valence-electron chi connectivity index (χ0n) is 18.2. The minimum atomic E-state index is -0.168. The standard InChI is InChI=1S/C28H21BrN4O/c1-2-17-7-9-25-21(11-17)24(16-31-25)27-13-23(22-12-20(29)8-10-26(22)33-27)28(34)32-15-19-5-3-18(14-30)4-6-19/h1,3-13,16,31H,14-15,30H2,(H,32,34). The van der Waals surface area contributed by atoms with Crippen LogP contribution in [-0.4, -0.2) is 15.9 Å². The molecular formula is C28H21BrN4O. The number of aromatic amines is 1. The Hall–Kier alpha value is -3.92. The lowest BCUT2D eigenvalue weighted by atomic mass is 10.0. The van der Waals surface area contributed by atoms with Gasteiger partial charge in [0.2, 0.25) is 0 Å². The molecule has 2 heterocycles. The van der Waals surface area contributed by atoms with Crippen molar-refractivity contribution in [3.8, 4) is 23.6 Å². The number of carbonyl (C=O) groups excluding carboxylic acids is 1. The van der Waals surface area contributed by atoms with Gasteiger partial charge in [-0.05, 0) is 53.6 Å². The summed E-state index contributed by atoms with van der Waals surface area (Å²) in [6.45, 7) is 0.902. The van der Waals surface area contributed by atoms with Crippen LogP contribution in [0.25, 0.3) is 33.1 Å². The first-order valence-electron chi connectivity index (χ1n) is 10.8. The molecule has 5 nitrogen and oxygen atoms in total. The van der Waals surface area contributed by atoms with Crippen molar-refractivity contribution in [1.82, 2.24) is 15.3 Å². The highest BCUT2D eigenvalue weighted by Crippen LogP contribution is 2.32. The van der Waals surface area contributed by atoms with Crippen LogP contribution >= 0.6 is 15.9 Å². The predicted molar refractivity (Wildman–Crippen MR) is 140 cm³/mol. The molecule has 5 rings (SSSR count). The number of amides is 1. The number of hydrogen-bond acceptors (Lipinski definition) is 3. The zero-order valence-corrected chi connectivity index (χ0v) is 19.8. The summed E-state index contributed by atoms with van der Waals surface area (Å²) in [4.78, 5) is 21.5. The van der Waals surface area contributed by atoms with E-state index in [1.165, 1.54) is 0 Å². The molecule has 5 aromatic rings. The van der Waals surface area contributed by atoms with Gasteiger partial charge in [0.25, 0.3) is 5.91 Å². The third kappa shape index (κ3) is 4.19. The number of benzene rings is 3. The minimum Gasteiger partial charge on any atom is -0.360 e. The van der Waals surface area contributed by atoms with E-state index in [4.69, 9.17) is 17.1 Å². The molecule has 1 amide bonds. The Labute approximate surface area is 205 Å². The van der Waals surface area contributed by atoms with Crippen LogP contribution in [0.4, 0.5) is 0 Å². The van der Waals surface area contributed by atoms with E-state index >= 15 is 0 Å². The molecule has 3 aromatic carbocycles. The summed E-state index contributed by atoms with van der Waals surface area (Å²) in [5.41, 5.74) is 12.4. The molecule has 0 saturated heterocycles. The summed E-state index contributed by atoms with van der Waals surface area (Å²) in [5, 5.41) is 4.78. The molecule has 0 aliphatic carbocycles. The van der Waals surface area contributed by atoms with Gasteiger partial charge >= 0.3 is 0 Å². The second-order valence-corrected chi connectivity index (χ2v) is 8.94. The van der Waals surface area contributed by atoms with Crippen LogP contribution in [0.5, 0.6) is 0 Å². The van der Waals surface area contributed by atoms with Crippen LogP contribution in [0.1, 0.15) is 27.0 Å². The van der Waals surface area contributed by atoms with E-state index in [0.717, 1.165) is 48.5 Å². The minimum absolute atomic E-state index is 0.168. The first kappa shape index (κ1) is 21.9. The number of halogens is 1. The summed E-state index contributed by atoms with van der Waals surface area (Å²) in [6.07, 6.45) is 7.51. The van der Waals surface area contributed by atoms with Gasteiger partial charge in [0, 0.05) is 51.2 Å². The maximum absolute atomic E-state index is 13.3. The first-order chi connectivity index (χ1) is 16.6. The Morgan fingerprint density at radius 3 is 2.59 bits per heavy atom. The number of nitrogens with zero attached hydrogens (tertiary/aromatic N) is 1. The number of rotatable bonds is 5. The second kappa shape index (κ2) is 9.14. The number of fused-ring (bicyclic) bond motifs is 2. The van der Waals surface area contributed by atoms with Gasteiger partial charge in [-0.25, -0.2) is 4.98 Å². The largest absolute Gasteiger partial charge is 0.360 e. The van der Waals surface area contributed by atoms with Crippen molar-refractivity contribution in [2.75, 3.05) is 0 Å². The fourth-order valence-electron chi connectivity index (χ4n) is 4.02. The molecule has 2 aromatic heterocycles. The number of hydrogen-bond donors (Lipinski definition) is 3.